The van der Waals surface area contributed by atoms with Crippen molar-refractivity contribution in [3.63, 3.8) is 0 Å². The summed E-state index contributed by atoms with van der Waals surface area (Å²) in [6.45, 7) is 8.43. The molecule has 0 aromatic carbocycles. The molecule has 0 aromatic rings. The highest BCUT2D eigenvalue weighted by Crippen LogP contribution is 2.15. The zero-order valence-corrected chi connectivity index (χ0v) is 9.72. The molecular weight excluding hydrogens is 198 g/mol. The van der Waals surface area contributed by atoms with E-state index in [-0.39, 0.29) is 5.75 Å². The second-order valence-corrected chi connectivity index (χ2v) is 6.49. The van der Waals surface area contributed by atoms with Gasteiger partial charge in [-0.15, -0.1) is 0 Å². The molecule has 1 rings (SSSR count). The smallest absolute Gasteiger partial charge is 0.151 e. The summed E-state index contributed by atoms with van der Waals surface area (Å²) in [6, 6.07) is 0. The van der Waals surface area contributed by atoms with Crippen molar-refractivity contribution < 1.29 is 8.42 Å². The van der Waals surface area contributed by atoms with Crippen LogP contribution in [0.4, 0.5) is 0 Å². The van der Waals surface area contributed by atoms with Crippen LogP contribution >= 0.6 is 0 Å². The molecule has 1 heterocycles. The van der Waals surface area contributed by atoms with Crippen LogP contribution in [0.1, 0.15) is 19.8 Å². The van der Waals surface area contributed by atoms with Gasteiger partial charge in [-0.05, 0) is 31.8 Å². The summed E-state index contributed by atoms with van der Waals surface area (Å²) in [6.07, 6.45) is 2.21. The first kappa shape index (κ1) is 12.0. The molecule has 1 saturated heterocycles. The fourth-order valence-electron chi connectivity index (χ4n) is 1.62. The summed E-state index contributed by atoms with van der Waals surface area (Å²) in [4.78, 5) is 2.23. The Labute approximate surface area is 87.4 Å². The molecule has 0 N–H and O–H groups in total. The van der Waals surface area contributed by atoms with Gasteiger partial charge in [0, 0.05) is 12.3 Å². The molecule has 0 spiro atoms. The highest BCUT2D eigenvalue weighted by molar-refractivity contribution is 7.91. The van der Waals surface area contributed by atoms with E-state index in [2.05, 4.69) is 11.8 Å². The van der Waals surface area contributed by atoms with E-state index >= 15 is 0 Å². The first-order chi connectivity index (χ1) is 6.53. The Balaban J connectivity index is 2.26. The molecular formula is C10H20NO2S. The van der Waals surface area contributed by atoms with Crippen molar-refractivity contribution in [1.82, 2.24) is 4.90 Å². The molecule has 0 unspecified atom stereocenters. The maximum Gasteiger partial charge on any atom is 0.151 e. The predicted molar refractivity (Wildman–Crippen MR) is 58.8 cm³/mol. The summed E-state index contributed by atoms with van der Waals surface area (Å²) in [5, 5.41) is 0. The third kappa shape index (κ3) is 3.96. The lowest BCUT2D eigenvalue weighted by atomic mass is 9.99. The van der Waals surface area contributed by atoms with Gasteiger partial charge in [0.05, 0.1) is 5.75 Å². The molecule has 14 heavy (non-hydrogen) atoms. The lowest BCUT2D eigenvalue weighted by molar-refractivity contribution is 0.212. The van der Waals surface area contributed by atoms with Gasteiger partial charge in [-0.1, -0.05) is 13.8 Å². The van der Waals surface area contributed by atoms with Gasteiger partial charge in [0.25, 0.3) is 0 Å². The molecule has 1 radical (unpaired) electrons. The Morgan fingerprint density at radius 2 is 1.93 bits per heavy atom. The van der Waals surface area contributed by atoms with Crippen LogP contribution in [0.25, 0.3) is 0 Å². The maximum absolute atomic E-state index is 11.3. The van der Waals surface area contributed by atoms with Gasteiger partial charge in [0.1, 0.15) is 0 Å². The fourth-order valence-corrected chi connectivity index (χ4v) is 2.45. The van der Waals surface area contributed by atoms with Crippen LogP contribution < -0.4 is 0 Å². The number of nitrogens with zero attached hydrogens (tertiary/aromatic N) is 1. The van der Waals surface area contributed by atoms with E-state index in [1.165, 1.54) is 0 Å². The van der Waals surface area contributed by atoms with Crippen molar-refractivity contribution in [3.05, 3.63) is 6.92 Å². The van der Waals surface area contributed by atoms with E-state index in [4.69, 9.17) is 0 Å². The lowest BCUT2D eigenvalue weighted by Gasteiger charge is -2.29. The van der Waals surface area contributed by atoms with Crippen LogP contribution in [0.2, 0.25) is 0 Å². The normalized spacial score (nSPS) is 21.3. The molecule has 1 aliphatic rings. The second-order valence-electron chi connectivity index (χ2n) is 4.02. The summed E-state index contributed by atoms with van der Waals surface area (Å²) in [5.41, 5.74) is 0. The summed E-state index contributed by atoms with van der Waals surface area (Å²) in [7, 11) is -2.79. The number of piperidine rings is 1. The minimum Gasteiger partial charge on any atom is -0.302 e. The van der Waals surface area contributed by atoms with Gasteiger partial charge in [0.15, 0.2) is 9.84 Å². The third-order valence-corrected chi connectivity index (χ3v) is 4.55. The van der Waals surface area contributed by atoms with Crippen molar-refractivity contribution in [2.45, 2.75) is 19.8 Å². The van der Waals surface area contributed by atoms with Gasteiger partial charge in [-0.2, -0.15) is 0 Å². The van der Waals surface area contributed by atoms with Crippen LogP contribution in [-0.4, -0.2) is 44.5 Å². The number of likely N-dealkylation sites (tertiary alicyclic amines) is 1. The highest BCUT2D eigenvalue weighted by Gasteiger charge is 2.17. The number of sulfone groups is 1. The molecule has 0 bridgehead atoms. The predicted octanol–water partition coefficient (Wildman–Crippen LogP) is 0.967. The standard InChI is InChI=1S/C10H20NO2S/c1-3-14(12,13)9-8-11-6-4-10(2)5-7-11/h10H,2-9H2,1H3. The molecule has 0 aliphatic carbocycles. The van der Waals surface area contributed by atoms with E-state index in [1.54, 1.807) is 6.92 Å². The zero-order valence-electron chi connectivity index (χ0n) is 8.91. The highest BCUT2D eigenvalue weighted by atomic mass is 32.2. The molecule has 0 amide bonds. The van der Waals surface area contributed by atoms with Crippen LogP contribution in [0.5, 0.6) is 0 Å². The Bertz CT molecular complexity index is 253. The lowest BCUT2D eigenvalue weighted by Crippen LogP contribution is -2.36. The Morgan fingerprint density at radius 3 is 2.43 bits per heavy atom. The molecule has 0 saturated carbocycles. The van der Waals surface area contributed by atoms with Gasteiger partial charge < -0.3 is 4.90 Å². The summed E-state index contributed by atoms with van der Waals surface area (Å²) in [5.74, 6) is 1.14. The molecule has 83 valence electrons. The van der Waals surface area contributed by atoms with Crippen LogP contribution in [0.15, 0.2) is 0 Å². The zero-order chi connectivity index (χ0) is 10.6. The minimum absolute atomic E-state index is 0.263. The monoisotopic (exact) mass is 218 g/mol. The van der Waals surface area contributed by atoms with Crippen molar-refractivity contribution >= 4 is 9.84 Å². The number of rotatable bonds is 4. The van der Waals surface area contributed by atoms with Gasteiger partial charge in [-0.3, -0.25) is 0 Å². The number of hydrogen-bond donors (Lipinski definition) is 0. The van der Waals surface area contributed by atoms with E-state index in [1.807, 2.05) is 0 Å². The van der Waals surface area contributed by atoms with E-state index in [0.29, 0.717) is 18.2 Å². The maximum atomic E-state index is 11.3. The van der Waals surface area contributed by atoms with Crippen LogP contribution in [0, 0.1) is 12.8 Å². The first-order valence-electron chi connectivity index (χ1n) is 5.29. The van der Waals surface area contributed by atoms with Crippen molar-refractivity contribution in [2.75, 3.05) is 31.1 Å². The molecule has 0 aromatic heterocycles. The quantitative estimate of drug-likeness (QED) is 0.705. The molecule has 0 atom stereocenters. The molecule has 1 fully saturated rings. The van der Waals surface area contributed by atoms with Crippen LogP contribution in [-0.2, 0) is 9.84 Å². The summed E-state index contributed by atoms with van der Waals surface area (Å²) < 4.78 is 22.5. The largest absolute Gasteiger partial charge is 0.302 e. The van der Waals surface area contributed by atoms with Crippen molar-refractivity contribution in [2.24, 2.45) is 5.92 Å². The Hall–Kier alpha value is -0.0900. The van der Waals surface area contributed by atoms with E-state index < -0.39 is 9.84 Å². The fraction of sp³-hybridized carbons (Fsp3) is 0.900. The Kier molecular flexibility index (Phi) is 4.38. The third-order valence-electron chi connectivity index (χ3n) is 2.87. The van der Waals surface area contributed by atoms with Crippen molar-refractivity contribution in [1.29, 1.82) is 0 Å². The van der Waals surface area contributed by atoms with Crippen molar-refractivity contribution in [3.8, 4) is 0 Å². The SMILES string of the molecule is [CH2]C1CCN(CCS(=O)(=O)CC)CC1. The molecule has 3 nitrogen and oxygen atoms in total. The minimum atomic E-state index is -2.79. The topological polar surface area (TPSA) is 37.4 Å². The van der Waals surface area contributed by atoms with E-state index in [0.717, 1.165) is 25.9 Å². The Morgan fingerprint density at radius 1 is 1.36 bits per heavy atom. The first-order valence-corrected chi connectivity index (χ1v) is 7.11. The average Bonchev–Trinajstić information content (AvgIpc) is 2.17. The van der Waals surface area contributed by atoms with Gasteiger partial charge in [-0.25, -0.2) is 8.42 Å². The van der Waals surface area contributed by atoms with Gasteiger partial charge in [0.2, 0.25) is 0 Å². The second kappa shape index (κ2) is 5.12. The molecule has 1 aliphatic heterocycles. The average molecular weight is 218 g/mol. The molecule has 4 heteroatoms. The van der Waals surface area contributed by atoms with Gasteiger partial charge >= 0.3 is 0 Å². The van der Waals surface area contributed by atoms with E-state index in [9.17, 15) is 8.42 Å². The van der Waals surface area contributed by atoms with Crippen LogP contribution in [0.3, 0.4) is 0 Å². The number of hydrogen-bond acceptors (Lipinski definition) is 3. The summed E-state index contributed by atoms with van der Waals surface area (Å²) >= 11 is 0.